The van der Waals surface area contributed by atoms with E-state index in [2.05, 4.69) is 10.2 Å². The zero-order valence-corrected chi connectivity index (χ0v) is 13.9. The first-order valence-corrected chi connectivity index (χ1v) is 8.42. The highest BCUT2D eigenvalue weighted by Crippen LogP contribution is 2.26. The average Bonchev–Trinajstić information content (AvgIpc) is 2.92. The first-order chi connectivity index (χ1) is 11.2. The van der Waals surface area contributed by atoms with Gasteiger partial charge >= 0.3 is 0 Å². The topological polar surface area (TPSA) is 63.7 Å². The second-order valence-corrected chi connectivity index (χ2v) is 6.06. The number of hydrogen-bond donors (Lipinski definition) is 1. The fraction of sp³-hybridized carbons (Fsp3) is 0.647. The third-order valence-corrected chi connectivity index (χ3v) is 4.45. The summed E-state index contributed by atoms with van der Waals surface area (Å²) in [6.07, 6.45) is 2.31. The molecule has 1 N–H and O–H groups in total. The van der Waals surface area contributed by atoms with Gasteiger partial charge in [0, 0.05) is 19.7 Å². The molecule has 1 saturated heterocycles. The third-order valence-electron chi connectivity index (χ3n) is 4.45. The third kappa shape index (κ3) is 3.64. The molecule has 2 aliphatic rings. The van der Waals surface area contributed by atoms with Crippen molar-refractivity contribution in [1.82, 2.24) is 10.3 Å². The van der Waals surface area contributed by atoms with Gasteiger partial charge in [-0.25, -0.2) is 4.98 Å². The lowest BCUT2D eigenvalue weighted by molar-refractivity contribution is -0.00236. The molecule has 3 heterocycles. The van der Waals surface area contributed by atoms with E-state index in [0.29, 0.717) is 25.9 Å². The van der Waals surface area contributed by atoms with Gasteiger partial charge in [0.25, 0.3) is 5.91 Å². The number of hydrogen-bond acceptors (Lipinski definition) is 5. The van der Waals surface area contributed by atoms with Crippen molar-refractivity contribution in [2.45, 2.75) is 39.3 Å². The Labute approximate surface area is 137 Å². The van der Waals surface area contributed by atoms with Gasteiger partial charge in [0.15, 0.2) is 0 Å². The summed E-state index contributed by atoms with van der Waals surface area (Å²) in [6.45, 7) is 8.51. The Bertz CT molecular complexity index is 568. The molecule has 0 aliphatic carbocycles. The molecule has 126 valence electrons. The fourth-order valence-corrected chi connectivity index (χ4v) is 3.20. The van der Waals surface area contributed by atoms with Gasteiger partial charge in [0.1, 0.15) is 5.82 Å². The summed E-state index contributed by atoms with van der Waals surface area (Å²) < 4.78 is 11.2. The first kappa shape index (κ1) is 16.2. The Morgan fingerprint density at radius 1 is 1.35 bits per heavy atom. The van der Waals surface area contributed by atoms with Gasteiger partial charge in [0.2, 0.25) is 0 Å². The van der Waals surface area contributed by atoms with Crippen LogP contribution in [-0.4, -0.2) is 49.9 Å². The predicted octanol–water partition coefficient (Wildman–Crippen LogP) is 1.66. The number of ether oxygens (including phenoxy) is 2. The number of carbonyl (C=O) groups excluding carboxylic acids is 1. The summed E-state index contributed by atoms with van der Waals surface area (Å²) in [5, 5.41) is 2.83. The van der Waals surface area contributed by atoms with Crippen LogP contribution in [0.15, 0.2) is 6.07 Å². The van der Waals surface area contributed by atoms with Gasteiger partial charge in [-0.05, 0) is 38.3 Å². The van der Waals surface area contributed by atoms with Crippen LogP contribution >= 0.6 is 0 Å². The number of anilines is 1. The van der Waals surface area contributed by atoms with Crippen molar-refractivity contribution in [2.24, 2.45) is 0 Å². The number of rotatable bonds is 6. The molecule has 0 radical (unpaired) electrons. The maximum atomic E-state index is 11.7. The van der Waals surface area contributed by atoms with E-state index in [1.165, 1.54) is 0 Å². The Balaban J connectivity index is 1.57. The molecule has 0 spiro atoms. The molecule has 3 rings (SSSR count). The molecule has 0 saturated carbocycles. The number of pyridine rings is 1. The first-order valence-electron chi connectivity index (χ1n) is 8.42. The highest BCUT2D eigenvalue weighted by Gasteiger charge is 2.26. The average molecular weight is 319 g/mol. The van der Waals surface area contributed by atoms with Crippen LogP contribution in [0, 0.1) is 6.92 Å². The number of amides is 1. The molecular formula is C17H25N3O3. The molecule has 0 atom stereocenters. The Kier molecular flexibility index (Phi) is 5.13. The standard InChI is InChI=1S/C17H25N3O3/c1-3-22-8-9-23-13-4-6-20(7-5-13)16-12(2)10-14-15(19-16)11-18-17(14)21/h10,13H,3-9,11H2,1-2H3,(H,18,21). The SMILES string of the molecule is CCOCCOC1CCN(c2nc3c(cc2C)C(=O)NC3)CC1. The normalized spacial score (nSPS) is 18.2. The quantitative estimate of drug-likeness (QED) is 0.808. The lowest BCUT2D eigenvalue weighted by Crippen LogP contribution is -2.38. The second kappa shape index (κ2) is 7.27. The highest BCUT2D eigenvalue weighted by atomic mass is 16.5. The number of nitrogens with zero attached hydrogens (tertiary/aromatic N) is 2. The van der Waals surface area contributed by atoms with Gasteiger partial charge in [0.05, 0.1) is 37.1 Å². The van der Waals surface area contributed by atoms with E-state index >= 15 is 0 Å². The number of nitrogens with one attached hydrogen (secondary N) is 1. The van der Waals surface area contributed by atoms with Crippen molar-refractivity contribution in [2.75, 3.05) is 37.8 Å². The van der Waals surface area contributed by atoms with Crippen molar-refractivity contribution < 1.29 is 14.3 Å². The number of aryl methyl sites for hydroxylation is 1. The second-order valence-electron chi connectivity index (χ2n) is 6.06. The minimum Gasteiger partial charge on any atom is -0.379 e. The van der Waals surface area contributed by atoms with Crippen molar-refractivity contribution in [3.05, 3.63) is 22.9 Å². The van der Waals surface area contributed by atoms with Crippen molar-refractivity contribution in [3.63, 3.8) is 0 Å². The highest BCUT2D eigenvalue weighted by molar-refractivity contribution is 5.98. The monoisotopic (exact) mass is 319 g/mol. The van der Waals surface area contributed by atoms with E-state index in [-0.39, 0.29) is 5.91 Å². The summed E-state index contributed by atoms with van der Waals surface area (Å²) in [5.41, 5.74) is 2.66. The summed E-state index contributed by atoms with van der Waals surface area (Å²) in [6, 6.07) is 1.96. The molecule has 6 nitrogen and oxygen atoms in total. The molecule has 1 aromatic rings. The molecule has 0 aromatic carbocycles. The minimum atomic E-state index is -0.0106. The van der Waals surface area contributed by atoms with Gasteiger partial charge in [-0.15, -0.1) is 0 Å². The molecule has 1 aromatic heterocycles. The van der Waals surface area contributed by atoms with E-state index in [0.717, 1.165) is 55.2 Å². The van der Waals surface area contributed by atoms with Gasteiger partial charge in [-0.3, -0.25) is 4.79 Å². The van der Waals surface area contributed by atoms with Crippen LogP contribution in [-0.2, 0) is 16.0 Å². The number of piperidine rings is 1. The van der Waals surface area contributed by atoms with Gasteiger partial charge in [-0.2, -0.15) is 0 Å². The molecule has 0 bridgehead atoms. The Morgan fingerprint density at radius 2 is 2.13 bits per heavy atom. The molecule has 1 fully saturated rings. The van der Waals surface area contributed by atoms with E-state index in [1.54, 1.807) is 0 Å². The van der Waals surface area contributed by atoms with E-state index in [1.807, 2.05) is 19.9 Å². The fourth-order valence-electron chi connectivity index (χ4n) is 3.20. The molecule has 23 heavy (non-hydrogen) atoms. The van der Waals surface area contributed by atoms with Crippen LogP contribution in [0.5, 0.6) is 0 Å². The summed E-state index contributed by atoms with van der Waals surface area (Å²) in [7, 11) is 0. The maximum Gasteiger partial charge on any atom is 0.253 e. The van der Waals surface area contributed by atoms with Gasteiger partial charge in [-0.1, -0.05) is 0 Å². The van der Waals surface area contributed by atoms with Crippen molar-refractivity contribution >= 4 is 11.7 Å². The van der Waals surface area contributed by atoms with Crippen LogP contribution in [0.2, 0.25) is 0 Å². The van der Waals surface area contributed by atoms with Crippen LogP contribution in [0.1, 0.15) is 41.4 Å². The summed E-state index contributed by atoms with van der Waals surface area (Å²) >= 11 is 0. The smallest absolute Gasteiger partial charge is 0.253 e. The number of aromatic nitrogens is 1. The zero-order valence-electron chi connectivity index (χ0n) is 13.9. The molecule has 2 aliphatic heterocycles. The Morgan fingerprint density at radius 3 is 2.87 bits per heavy atom. The van der Waals surface area contributed by atoms with Crippen LogP contribution in [0.25, 0.3) is 0 Å². The molecule has 1 amide bonds. The molecule has 0 unspecified atom stereocenters. The van der Waals surface area contributed by atoms with Crippen LogP contribution in [0.4, 0.5) is 5.82 Å². The van der Waals surface area contributed by atoms with Crippen LogP contribution in [0.3, 0.4) is 0 Å². The zero-order chi connectivity index (χ0) is 16.2. The molecular weight excluding hydrogens is 294 g/mol. The molecule has 6 heteroatoms. The lowest BCUT2D eigenvalue weighted by Gasteiger charge is -2.33. The van der Waals surface area contributed by atoms with Crippen molar-refractivity contribution in [1.29, 1.82) is 0 Å². The van der Waals surface area contributed by atoms with E-state index in [9.17, 15) is 4.79 Å². The van der Waals surface area contributed by atoms with E-state index in [4.69, 9.17) is 14.5 Å². The summed E-state index contributed by atoms with van der Waals surface area (Å²) in [4.78, 5) is 18.7. The minimum absolute atomic E-state index is 0.0106. The number of carbonyl (C=O) groups is 1. The van der Waals surface area contributed by atoms with E-state index < -0.39 is 0 Å². The lowest BCUT2D eigenvalue weighted by atomic mass is 10.1. The predicted molar refractivity (Wildman–Crippen MR) is 87.8 cm³/mol. The van der Waals surface area contributed by atoms with Gasteiger partial charge < -0.3 is 19.7 Å². The Hall–Kier alpha value is -1.66. The van der Waals surface area contributed by atoms with Crippen molar-refractivity contribution in [3.8, 4) is 0 Å². The van der Waals surface area contributed by atoms with Crippen LogP contribution < -0.4 is 10.2 Å². The number of fused-ring (bicyclic) bond motifs is 1. The maximum absolute atomic E-state index is 11.7. The largest absolute Gasteiger partial charge is 0.379 e. The summed E-state index contributed by atoms with van der Waals surface area (Å²) in [5.74, 6) is 0.997.